The zero-order valence-electron chi connectivity index (χ0n) is 14.3. The summed E-state index contributed by atoms with van der Waals surface area (Å²) < 4.78 is 0. The Labute approximate surface area is 153 Å². The molecule has 0 fully saturated rings. The van der Waals surface area contributed by atoms with Crippen LogP contribution in [0.25, 0.3) is 0 Å². The van der Waals surface area contributed by atoms with Crippen molar-refractivity contribution >= 4 is 40.3 Å². The highest BCUT2D eigenvalue weighted by atomic mass is 32.2. The van der Waals surface area contributed by atoms with Crippen LogP contribution in [0.1, 0.15) is 19.4 Å². The lowest BCUT2D eigenvalue weighted by atomic mass is 10.1. The average molecular weight is 358 g/mol. The average Bonchev–Trinajstić information content (AvgIpc) is 2.58. The first-order valence-corrected chi connectivity index (χ1v) is 9.42. The van der Waals surface area contributed by atoms with Gasteiger partial charge in [0.25, 0.3) is 0 Å². The molecule has 24 heavy (non-hydrogen) atoms. The van der Waals surface area contributed by atoms with Gasteiger partial charge in [-0.05, 0) is 44.8 Å². The normalized spacial score (nSPS) is 14.2. The fraction of sp³-hybridized carbons (Fsp3) is 0.316. The summed E-state index contributed by atoms with van der Waals surface area (Å²) in [5.41, 5.74) is 9.24. The van der Waals surface area contributed by atoms with Crippen molar-refractivity contribution in [1.29, 1.82) is 0 Å². The van der Waals surface area contributed by atoms with Gasteiger partial charge in [-0.2, -0.15) is 0 Å². The number of nitrogens with two attached hydrogens (primary N) is 1. The van der Waals surface area contributed by atoms with Gasteiger partial charge in [0.05, 0.1) is 11.4 Å². The number of thiocarbonyl (C=S) groups is 1. The van der Waals surface area contributed by atoms with E-state index in [1.54, 1.807) is 0 Å². The van der Waals surface area contributed by atoms with Crippen LogP contribution in [-0.4, -0.2) is 36.1 Å². The molecule has 3 rings (SSSR count). The molecule has 5 heteroatoms. The van der Waals surface area contributed by atoms with E-state index >= 15 is 0 Å². The third kappa shape index (κ3) is 3.29. The third-order valence-corrected chi connectivity index (χ3v) is 5.77. The smallest absolute Gasteiger partial charge is 0.104 e. The summed E-state index contributed by atoms with van der Waals surface area (Å²) in [6, 6.07) is 15.2. The van der Waals surface area contributed by atoms with E-state index in [0.29, 0.717) is 11.0 Å². The highest BCUT2D eigenvalue weighted by Crippen LogP contribution is 2.49. The van der Waals surface area contributed by atoms with Crippen molar-refractivity contribution in [3.05, 3.63) is 48.0 Å². The van der Waals surface area contributed by atoms with Crippen molar-refractivity contribution in [1.82, 2.24) is 4.90 Å². The monoisotopic (exact) mass is 357 g/mol. The van der Waals surface area contributed by atoms with E-state index in [0.717, 1.165) is 18.7 Å². The van der Waals surface area contributed by atoms with E-state index in [2.05, 4.69) is 67.1 Å². The molecule has 2 N–H and O–H groups in total. The summed E-state index contributed by atoms with van der Waals surface area (Å²) in [6.45, 7) is 6.49. The quantitative estimate of drug-likeness (QED) is 0.808. The first-order chi connectivity index (χ1) is 11.5. The molecule has 1 atom stereocenters. The molecule has 0 bridgehead atoms. The third-order valence-electron chi connectivity index (χ3n) is 4.40. The van der Waals surface area contributed by atoms with Gasteiger partial charge < -0.3 is 15.5 Å². The highest BCUT2D eigenvalue weighted by molar-refractivity contribution is 7.99. The second kappa shape index (κ2) is 7.13. The van der Waals surface area contributed by atoms with Crippen LogP contribution in [0.2, 0.25) is 0 Å². The molecule has 3 nitrogen and oxygen atoms in total. The van der Waals surface area contributed by atoms with Gasteiger partial charge in [0.2, 0.25) is 0 Å². The summed E-state index contributed by atoms with van der Waals surface area (Å²) in [7, 11) is 2.16. The molecule has 1 aliphatic rings. The van der Waals surface area contributed by atoms with E-state index in [1.165, 1.54) is 21.2 Å². The van der Waals surface area contributed by atoms with Crippen LogP contribution in [0.4, 0.5) is 11.4 Å². The largest absolute Gasteiger partial charge is 0.389 e. The van der Waals surface area contributed by atoms with Crippen LogP contribution < -0.4 is 10.6 Å². The maximum atomic E-state index is 5.86. The molecule has 0 amide bonds. The molecule has 1 heterocycles. The number of para-hydroxylation sites is 1. The van der Waals surface area contributed by atoms with Crippen molar-refractivity contribution in [2.24, 2.45) is 5.73 Å². The van der Waals surface area contributed by atoms with E-state index in [-0.39, 0.29) is 0 Å². The lowest BCUT2D eigenvalue weighted by Gasteiger charge is -2.38. The highest BCUT2D eigenvalue weighted by Gasteiger charge is 2.27. The van der Waals surface area contributed by atoms with Crippen molar-refractivity contribution < 1.29 is 0 Å². The zero-order chi connectivity index (χ0) is 17.3. The molecule has 1 aliphatic heterocycles. The Morgan fingerprint density at radius 1 is 1.21 bits per heavy atom. The SMILES string of the molecule is CCN(C)C[C@@H](C)N1c2ccccc2Sc2ccc(C(N)=S)cc21. The summed E-state index contributed by atoms with van der Waals surface area (Å²) in [4.78, 5) is 7.75. The van der Waals surface area contributed by atoms with E-state index < -0.39 is 0 Å². The summed E-state index contributed by atoms with van der Waals surface area (Å²) in [5.74, 6) is 0. The fourth-order valence-corrected chi connectivity index (χ4v) is 4.25. The molecular weight excluding hydrogens is 334 g/mol. The van der Waals surface area contributed by atoms with E-state index in [1.807, 2.05) is 17.8 Å². The number of hydrogen-bond acceptors (Lipinski definition) is 4. The van der Waals surface area contributed by atoms with Gasteiger partial charge in [0, 0.05) is 27.9 Å². The molecule has 126 valence electrons. The molecule has 0 aromatic heterocycles. The number of likely N-dealkylation sites (N-methyl/N-ethyl adjacent to an activating group) is 1. The molecule has 0 saturated carbocycles. The summed E-state index contributed by atoms with van der Waals surface area (Å²) >= 11 is 6.99. The van der Waals surface area contributed by atoms with Crippen molar-refractivity contribution in [2.45, 2.75) is 29.7 Å². The predicted molar refractivity (Wildman–Crippen MR) is 108 cm³/mol. The van der Waals surface area contributed by atoms with E-state index in [9.17, 15) is 0 Å². The number of nitrogens with zero attached hydrogens (tertiary/aromatic N) is 2. The standard InChI is InChI=1S/C19H23N3S2/c1-4-21(3)12-13(2)22-15-7-5-6-8-17(15)24-18-10-9-14(19(20)23)11-16(18)22/h5-11,13H,4,12H2,1-3H3,(H2,20,23)/t13-/m1/s1. The van der Waals surface area contributed by atoms with Crippen LogP contribution in [0.3, 0.4) is 0 Å². The van der Waals surface area contributed by atoms with Crippen LogP contribution in [0.5, 0.6) is 0 Å². The van der Waals surface area contributed by atoms with Gasteiger partial charge in [-0.1, -0.05) is 49.1 Å². The van der Waals surface area contributed by atoms with Gasteiger partial charge >= 0.3 is 0 Å². The minimum atomic E-state index is 0.345. The van der Waals surface area contributed by atoms with Crippen LogP contribution in [0, 0.1) is 0 Å². The fourth-order valence-electron chi connectivity index (χ4n) is 3.07. The van der Waals surface area contributed by atoms with Crippen molar-refractivity contribution in [3.63, 3.8) is 0 Å². The van der Waals surface area contributed by atoms with Gasteiger partial charge in [-0.3, -0.25) is 0 Å². The summed E-state index contributed by atoms with van der Waals surface area (Å²) in [6.07, 6.45) is 0. The number of fused-ring (bicyclic) bond motifs is 2. The summed E-state index contributed by atoms with van der Waals surface area (Å²) in [5, 5.41) is 0. The number of hydrogen-bond donors (Lipinski definition) is 1. The molecule has 0 spiro atoms. The van der Waals surface area contributed by atoms with Crippen molar-refractivity contribution in [2.75, 3.05) is 25.0 Å². The van der Waals surface area contributed by atoms with Crippen LogP contribution in [-0.2, 0) is 0 Å². The molecule has 0 aliphatic carbocycles. The van der Waals surface area contributed by atoms with Crippen LogP contribution >= 0.6 is 24.0 Å². The molecule has 0 unspecified atom stereocenters. The number of rotatable bonds is 5. The van der Waals surface area contributed by atoms with Crippen molar-refractivity contribution in [3.8, 4) is 0 Å². The first-order valence-electron chi connectivity index (χ1n) is 8.19. The number of anilines is 2. The minimum absolute atomic E-state index is 0.345. The Balaban J connectivity index is 2.08. The Bertz CT molecular complexity index is 760. The minimum Gasteiger partial charge on any atom is -0.389 e. The molecular formula is C19H23N3S2. The maximum absolute atomic E-state index is 5.86. The Morgan fingerprint density at radius 3 is 2.62 bits per heavy atom. The second-order valence-electron chi connectivity index (χ2n) is 6.19. The molecule has 2 aromatic rings. The second-order valence-corrected chi connectivity index (χ2v) is 7.71. The Hall–Kier alpha value is -1.56. The molecule has 0 radical (unpaired) electrons. The lowest BCUT2D eigenvalue weighted by Crippen LogP contribution is -2.39. The van der Waals surface area contributed by atoms with Gasteiger partial charge in [0.15, 0.2) is 0 Å². The topological polar surface area (TPSA) is 32.5 Å². The van der Waals surface area contributed by atoms with Gasteiger partial charge in [-0.25, -0.2) is 0 Å². The van der Waals surface area contributed by atoms with Crippen LogP contribution in [0.15, 0.2) is 52.3 Å². The Morgan fingerprint density at radius 2 is 1.92 bits per heavy atom. The lowest BCUT2D eigenvalue weighted by molar-refractivity contribution is 0.332. The maximum Gasteiger partial charge on any atom is 0.104 e. The van der Waals surface area contributed by atoms with E-state index in [4.69, 9.17) is 18.0 Å². The van der Waals surface area contributed by atoms with Gasteiger partial charge in [0.1, 0.15) is 4.99 Å². The zero-order valence-corrected chi connectivity index (χ0v) is 16.0. The molecule has 0 saturated heterocycles. The predicted octanol–water partition coefficient (Wildman–Crippen LogP) is 4.26. The first kappa shape index (κ1) is 17.3. The molecule has 2 aromatic carbocycles. The Kier molecular flexibility index (Phi) is 5.13. The van der Waals surface area contributed by atoms with Gasteiger partial charge in [-0.15, -0.1) is 0 Å². The number of benzene rings is 2.